The number of aromatic nitrogens is 2. The van der Waals surface area contributed by atoms with Gasteiger partial charge in [0.15, 0.2) is 0 Å². The van der Waals surface area contributed by atoms with Gasteiger partial charge in [-0.05, 0) is 31.9 Å². The van der Waals surface area contributed by atoms with E-state index < -0.39 is 0 Å². The monoisotopic (exact) mass is 341 g/mol. The standard InChI is InChI=1S/C19H23N3OS/c1-4-8-13(2)20-18(23)17-11-16-14(3)21-22(19(16)24-17)12-15-9-6-5-7-10-15/h5-7,9-11,13H,4,8,12H2,1-3H3,(H,20,23)/t13-/m1/s1. The molecule has 1 amide bonds. The lowest BCUT2D eigenvalue weighted by atomic mass is 10.2. The van der Waals surface area contributed by atoms with Crippen LogP contribution in [-0.2, 0) is 6.54 Å². The number of aryl methyl sites for hydroxylation is 1. The molecule has 0 saturated carbocycles. The highest BCUT2D eigenvalue weighted by molar-refractivity contribution is 7.20. The molecule has 0 radical (unpaired) electrons. The summed E-state index contributed by atoms with van der Waals surface area (Å²) >= 11 is 1.52. The molecular formula is C19H23N3OS. The van der Waals surface area contributed by atoms with Gasteiger partial charge in [-0.25, -0.2) is 0 Å². The van der Waals surface area contributed by atoms with Crippen molar-refractivity contribution in [2.45, 2.75) is 46.2 Å². The Labute approximate surface area is 146 Å². The van der Waals surface area contributed by atoms with Gasteiger partial charge >= 0.3 is 0 Å². The fourth-order valence-electron chi connectivity index (χ4n) is 2.89. The lowest BCUT2D eigenvalue weighted by molar-refractivity contribution is 0.0942. The van der Waals surface area contributed by atoms with Gasteiger partial charge in [0.05, 0.1) is 17.1 Å². The highest BCUT2D eigenvalue weighted by Crippen LogP contribution is 2.29. The van der Waals surface area contributed by atoms with Crippen molar-refractivity contribution in [3.05, 3.63) is 52.5 Å². The highest BCUT2D eigenvalue weighted by atomic mass is 32.1. The number of thiophene rings is 1. The van der Waals surface area contributed by atoms with Crippen LogP contribution < -0.4 is 5.32 Å². The van der Waals surface area contributed by atoms with Crippen molar-refractivity contribution in [3.63, 3.8) is 0 Å². The van der Waals surface area contributed by atoms with Crippen LogP contribution in [0, 0.1) is 6.92 Å². The topological polar surface area (TPSA) is 46.9 Å². The molecule has 0 saturated heterocycles. The highest BCUT2D eigenvalue weighted by Gasteiger charge is 2.17. The third kappa shape index (κ3) is 3.51. The number of benzene rings is 1. The molecule has 2 heterocycles. The van der Waals surface area contributed by atoms with Gasteiger partial charge in [-0.3, -0.25) is 9.48 Å². The summed E-state index contributed by atoms with van der Waals surface area (Å²) in [6.07, 6.45) is 2.07. The summed E-state index contributed by atoms with van der Waals surface area (Å²) in [5.41, 5.74) is 2.18. The predicted octanol–water partition coefficient (Wildman–Crippen LogP) is 4.37. The minimum atomic E-state index is 0.0165. The molecule has 0 aliphatic rings. The second kappa shape index (κ2) is 7.18. The van der Waals surface area contributed by atoms with Crippen LogP contribution in [0.4, 0.5) is 0 Å². The molecule has 0 fully saturated rings. The Balaban J connectivity index is 1.85. The summed E-state index contributed by atoms with van der Waals surface area (Å²) in [5, 5.41) is 8.78. The van der Waals surface area contributed by atoms with E-state index >= 15 is 0 Å². The average molecular weight is 341 g/mol. The summed E-state index contributed by atoms with van der Waals surface area (Å²) in [5.74, 6) is 0.0165. The Morgan fingerprint density at radius 1 is 1.33 bits per heavy atom. The predicted molar refractivity (Wildman–Crippen MR) is 99.7 cm³/mol. The Bertz CT molecular complexity index is 835. The maximum atomic E-state index is 12.4. The Kier molecular flexibility index (Phi) is 5.00. The first-order valence-corrected chi connectivity index (χ1v) is 9.22. The second-order valence-corrected chi connectivity index (χ2v) is 7.25. The number of hydrogen-bond acceptors (Lipinski definition) is 3. The van der Waals surface area contributed by atoms with Gasteiger partial charge in [0.2, 0.25) is 0 Å². The molecule has 5 heteroatoms. The molecule has 1 N–H and O–H groups in total. The molecule has 3 rings (SSSR count). The van der Waals surface area contributed by atoms with Crippen molar-refractivity contribution in [1.29, 1.82) is 0 Å². The number of nitrogens with one attached hydrogen (secondary N) is 1. The van der Waals surface area contributed by atoms with E-state index in [2.05, 4.69) is 36.4 Å². The third-order valence-electron chi connectivity index (χ3n) is 4.11. The van der Waals surface area contributed by atoms with E-state index in [-0.39, 0.29) is 11.9 Å². The van der Waals surface area contributed by atoms with Crippen molar-refractivity contribution >= 4 is 27.5 Å². The van der Waals surface area contributed by atoms with Crippen molar-refractivity contribution in [3.8, 4) is 0 Å². The Morgan fingerprint density at radius 2 is 2.08 bits per heavy atom. The molecule has 4 nitrogen and oxygen atoms in total. The van der Waals surface area contributed by atoms with Gasteiger partial charge in [0.1, 0.15) is 4.83 Å². The normalized spacial score (nSPS) is 12.5. The van der Waals surface area contributed by atoms with Crippen LogP contribution in [0.25, 0.3) is 10.2 Å². The first-order chi connectivity index (χ1) is 11.6. The number of nitrogens with zero attached hydrogens (tertiary/aromatic N) is 2. The summed E-state index contributed by atoms with van der Waals surface area (Å²) in [6, 6.07) is 12.4. The quantitative estimate of drug-likeness (QED) is 0.723. The molecule has 3 aromatic rings. The molecule has 24 heavy (non-hydrogen) atoms. The van der Waals surface area contributed by atoms with Crippen LogP contribution in [0.3, 0.4) is 0 Å². The zero-order valence-corrected chi connectivity index (χ0v) is 15.2. The number of fused-ring (bicyclic) bond motifs is 1. The SMILES string of the molecule is CCC[C@@H](C)NC(=O)c1cc2c(C)nn(Cc3ccccc3)c2s1. The number of carbonyl (C=O) groups is 1. The van der Waals surface area contributed by atoms with Crippen LogP contribution in [0.2, 0.25) is 0 Å². The molecule has 0 spiro atoms. The summed E-state index contributed by atoms with van der Waals surface area (Å²) < 4.78 is 2.00. The van der Waals surface area contributed by atoms with E-state index in [0.29, 0.717) is 0 Å². The molecule has 0 aliphatic heterocycles. The molecule has 0 bridgehead atoms. The summed E-state index contributed by atoms with van der Waals surface area (Å²) in [7, 11) is 0. The van der Waals surface area contributed by atoms with Crippen molar-refractivity contribution in [2.75, 3.05) is 0 Å². The average Bonchev–Trinajstić information content (AvgIpc) is 3.11. The van der Waals surface area contributed by atoms with Crippen molar-refractivity contribution in [1.82, 2.24) is 15.1 Å². The Morgan fingerprint density at radius 3 is 2.79 bits per heavy atom. The van der Waals surface area contributed by atoms with Crippen LogP contribution in [-0.4, -0.2) is 21.7 Å². The fourth-order valence-corrected chi connectivity index (χ4v) is 3.95. The van der Waals surface area contributed by atoms with Crippen LogP contribution in [0.5, 0.6) is 0 Å². The van der Waals surface area contributed by atoms with Gasteiger partial charge in [0.25, 0.3) is 5.91 Å². The van der Waals surface area contributed by atoms with E-state index in [9.17, 15) is 4.79 Å². The minimum Gasteiger partial charge on any atom is -0.349 e. The van der Waals surface area contributed by atoms with E-state index in [1.54, 1.807) is 0 Å². The molecule has 1 atom stereocenters. The summed E-state index contributed by atoms with van der Waals surface area (Å²) in [6.45, 7) is 6.90. The number of hydrogen-bond donors (Lipinski definition) is 1. The number of rotatable bonds is 6. The first-order valence-electron chi connectivity index (χ1n) is 8.40. The maximum Gasteiger partial charge on any atom is 0.261 e. The van der Waals surface area contributed by atoms with Gasteiger partial charge in [-0.15, -0.1) is 11.3 Å². The molecular weight excluding hydrogens is 318 g/mol. The van der Waals surface area contributed by atoms with E-state index in [4.69, 9.17) is 0 Å². The first kappa shape index (κ1) is 16.7. The van der Waals surface area contributed by atoms with Gasteiger partial charge in [0, 0.05) is 11.4 Å². The molecule has 0 aliphatic carbocycles. The molecule has 2 aromatic heterocycles. The zero-order chi connectivity index (χ0) is 17.1. The molecule has 0 unspecified atom stereocenters. The largest absolute Gasteiger partial charge is 0.349 e. The van der Waals surface area contributed by atoms with Crippen LogP contribution in [0.1, 0.15) is 47.6 Å². The van der Waals surface area contributed by atoms with Gasteiger partial charge in [-0.1, -0.05) is 43.7 Å². The smallest absolute Gasteiger partial charge is 0.261 e. The Hall–Kier alpha value is -2.14. The van der Waals surface area contributed by atoms with Gasteiger partial charge < -0.3 is 5.32 Å². The van der Waals surface area contributed by atoms with Crippen molar-refractivity contribution < 1.29 is 4.79 Å². The molecule has 1 aromatic carbocycles. The van der Waals surface area contributed by atoms with Gasteiger partial charge in [-0.2, -0.15) is 5.10 Å². The lowest BCUT2D eigenvalue weighted by Crippen LogP contribution is -2.31. The minimum absolute atomic E-state index is 0.0165. The lowest BCUT2D eigenvalue weighted by Gasteiger charge is -2.11. The summed E-state index contributed by atoms with van der Waals surface area (Å²) in [4.78, 5) is 14.3. The number of carbonyl (C=O) groups excluding carboxylic acids is 1. The van der Waals surface area contributed by atoms with E-state index in [0.717, 1.165) is 40.2 Å². The zero-order valence-electron chi connectivity index (χ0n) is 14.4. The van der Waals surface area contributed by atoms with Crippen LogP contribution >= 0.6 is 11.3 Å². The fraction of sp³-hybridized carbons (Fsp3) is 0.368. The van der Waals surface area contributed by atoms with E-state index in [1.807, 2.05) is 35.9 Å². The third-order valence-corrected chi connectivity index (χ3v) is 5.25. The van der Waals surface area contributed by atoms with Crippen molar-refractivity contribution in [2.24, 2.45) is 0 Å². The number of amides is 1. The van der Waals surface area contributed by atoms with Crippen LogP contribution in [0.15, 0.2) is 36.4 Å². The molecule has 126 valence electrons. The second-order valence-electron chi connectivity index (χ2n) is 6.22. The van der Waals surface area contributed by atoms with E-state index in [1.165, 1.54) is 16.9 Å². The maximum absolute atomic E-state index is 12.4.